The summed E-state index contributed by atoms with van der Waals surface area (Å²) in [7, 11) is 0. The number of rotatable bonds is 12. The first-order valence-electron chi connectivity index (χ1n) is 13.7. The van der Waals surface area contributed by atoms with Gasteiger partial charge in [0, 0.05) is 23.2 Å². The highest BCUT2D eigenvalue weighted by atomic mass is 35.5. The second kappa shape index (κ2) is 13.9. The summed E-state index contributed by atoms with van der Waals surface area (Å²) in [5.41, 5.74) is 6.70. The number of hydrogen-bond donors (Lipinski definition) is 2. The average molecular weight is 586 g/mol. The van der Waals surface area contributed by atoms with E-state index in [4.69, 9.17) is 34.3 Å². The van der Waals surface area contributed by atoms with Crippen LogP contribution in [0.5, 0.6) is 5.75 Å². The Morgan fingerprint density at radius 2 is 1.75 bits per heavy atom. The number of halogens is 1. The minimum Gasteiger partial charge on any atom is -0.494 e. The third-order valence-electron chi connectivity index (χ3n) is 7.26. The second-order valence-electron chi connectivity index (χ2n) is 10.1. The molecule has 3 N–H and O–H groups in total. The molecule has 2 saturated heterocycles. The Balaban J connectivity index is 1.41. The van der Waals surface area contributed by atoms with Crippen LogP contribution in [0.1, 0.15) is 39.0 Å². The molecule has 2 fully saturated rings. The molecular weight excluding hydrogens is 550 g/mol. The molecule has 9 nitrogen and oxygen atoms in total. The van der Waals surface area contributed by atoms with Gasteiger partial charge in [-0.05, 0) is 106 Å². The number of nitrogens with one attached hydrogen (secondary N) is 1. The van der Waals surface area contributed by atoms with Crippen LogP contribution < -0.4 is 20.7 Å². The van der Waals surface area contributed by atoms with E-state index >= 15 is 0 Å². The maximum Gasteiger partial charge on any atom is 0.256 e. The van der Waals surface area contributed by atoms with Crippen LogP contribution in [-0.4, -0.2) is 71.5 Å². The highest BCUT2D eigenvalue weighted by molar-refractivity contribution is 7.80. The zero-order valence-electron chi connectivity index (χ0n) is 22.7. The lowest BCUT2D eigenvalue weighted by Crippen LogP contribution is -2.41. The van der Waals surface area contributed by atoms with Crippen molar-refractivity contribution in [3.8, 4) is 5.75 Å². The van der Waals surface area contributed by atoms with Gasteiger partial charge in [0.05, 0.1) is 18.7 Å². The summed E-state index contributed by atoms with van der Waals surface area (Å²) in [6.45, 7) is 5.60. The van der Waals surface area contributed by atoms with Crippen LogP contribution in [0.4, 0.5) is 11.4 Å². The predicted octanol–water partition coefficient (Wildman–Crippen LogP) is 4.05. The fourth-order valence-electron chi connectivity index (χ4n) is 5.06. The van der Waals surface area contributed by atoms with Crippen molar-refractivity contribution in [1.82, 2.24) is 9.80 Å². The van der Waals surface area contributed by atoms with Gasteiger partial charge in [-0.3, -0.25) is 19.3 Å². The van der Waals surface area contributed by atoms with Crippen molar-refractivity contribution in [1.29, 1.82) is 0 Å². The number of amides is 3. The Morgan fingerprint density at radius 3 is 2.38 bits per heavy atom. The number of piperidine rings is 1. The third kappa shape index (κ3) is 7.50. The number of anilines is 2. The topological polar surface area (TPSA) is 108 Å². The molecule has 2 aliphatic heterocycles. The molecule has 2 aromatic carbocycles. The van der Waals surface area contributed by atoms with Crippen LogP contribution in [-0.2, 0) is 14.4 Å². The lowest BCUT2D eigenvalue weighted by molar-refractivity contribution is -0.124. The Labute approximate surface area is 245 Å². The summed E-state index contributed by atoms with van der Waals surface area (Å²) in [5.74, 6) is -0.0756. The second-order valence-corrected chi connectivity index (χ2v) is 10.9. The molecule has 3 amide bonds. The van der Waals surface area contributed by atoms with Gasteiger partial charge in [-0.15, -0.1) is 0 Å². The first kappa shape index (κ1) is 29.8. The molecule has 2 aliphatic rings. The lowest BCUT2D eigenvalue weighted by Gasteiger charge is -2.31. The SMILES string of the molecule is CCCOc1ccc(NC(=O)CC2C(=O)N(c3ccc(Cl)cc3)C(=S)N2CCCN2CCC(C(N)=O)CC2)cc1. The number of carbonyl (C=O) groups excluding carboxylic acids is 3. The van der Waals surface area contributed by atoms with E-state index in [9.17, 15) is 14.4 Å². The van der Waals surface area contributed by atoms with Crippen LogP contribution in [0.25, 0.3) is 0 Å². The average Bonchev–Trinajstić information content (AvgIpc) is 3.17. The normalized spacial score (nSPS) is 18.3. The number of primary amides is 1. The number of likely N-dealkylation sites (tertiary alicyclic amines) is 1. The molecule has 1 atom stereocenters. The van der Waals surface area contributed by atoms with E-state index in [2.05, 4.69) is 10.2 Å². The van der Waals surface area contributed by atoms with Crippen LogP contribution >= 0.6 is 23.8 Å². The molecule has 4 rings (SSSR count). The van der Waals surface area contributed by atoms with Crippen molar-refractivity contribution < 1.29 is 19.1 Å². The van der Waals surface area contributed by atoms with Crippen LogP contribution in [0.2, 0.25) is 5.02 Å². The Bertz CT molecular complexity index is 1200. The van der Waals surface area contributed by atoms with Gasteiger partial charge in [-0.25, -0.2) is 0 Å². The summed E-state index contributed by atoms with van der Waals surface area (Å²) >= 11 is 11.8. The van der Waals surface area contributed by atoms with E-state index in [1.54, 1.807) is 36.4 Å². The Kier molecular flexibility index (Phi) is 10.4. The van der Waals surface area contributed by atoms with Crippen molar-refractivity contribution in [3.05, 3.63) is 53.6 Å². The minimum atomic E-state index is -0.726. The van der Waals surface area contributed by atoms with E-state index < -0.39 is 6.04 Å². The first-order chi connectivity index (χ1) is 19.3. The molecule has 2 heterocycles. The largest absolute Gasteiger partial charge is 0.494 e. The highest BCUT2D eigenvalue weighted by Gasteiger charge is 2.44. The maximum atomic E-state index is 13.6. The molecule has 0 radical (unpaired) electrons. The smallest absolute Gasteiger partial charge is 0.256 e. The number of carbonyl (C=O) groups is 3. The fourth-order valence-corrected chi connectivity index (χ4v) is 5.60. The van der Waals surface area contributed by atoms with Gasteiger partial charge < -0.3 is 25.6 Å². The molecule has 0 aromatic heterocycles. The van der Waals surface area contributed by atoms with Crippen molar-refractivity contribution in [2.45, 2.75) is 45.1 Å². The van der Waals surface area contributed by atoms with Crippen molar-refractivity contribution in [3.63, 3.8) is 0 Å². The summed E-state index contributed by atoms with van der Waals surface area (Å²) in [4.78, 5) is 43.8. The molecular formula is C29H36ClN5O4S. The molecule has 1 unspecified atom stereocenters. The van der Waals surface area contributed by atoms with Gasteiger partial charge >= 0.3 is 0 Å². The van der Waals surface area contributed by atoms with Gasteiger partial charge in [-0.2, -0.15) is 0 Å². The van der Waals surface area contributed by atoms with E-state index in [0.717, 1.165) is 51.1 Å². The van der Waals surface area contributed by atoms with E-state index in [-0.39, 0.29) is 30.1 Å². The van der Waals surface area contributed by atoms with Gasteiger partial charge in [0.2, 0.25) is 11.8 Å². The fraction of sp³-hybridized carbons (Fsp3) is 0.448. The van der Waals surface area contributed by atoms with Gasteiger partial charge in [-0.1, -0.05) is 18.5 Å². The van der Waals surface area contributed by atoms with E-state index in [1.165, 1.54) is 4.90 Å². The summed E-state index contributed by atoms with van der Waals surface area (Å²) in [6.07, 6.45) is 3.14. The summed E-state index contributed by atoms with van der Waals surface area (Å²) in [5, 5.41) is 3.82. The first-order valence-corrected chi connectivity index (χ1v) is 14.5. The van der Waals surface area contributed by atoms with Crippen LogP contribution in [0.15, 0.2) is 48.5 Å². The van der Waals surface area contributed by atoms with Crippen LogP contribution in [0.3, 0.4) is 0 Å². The standard InChI is InChI=1S/C29H36ClN5O4S/c1-2-18-39-24-10-6-22(7-11-24)32-26(36)19-25-28(38)35(23-8-4-21(30)5-9-23)29(40)34(25)15-3-14-33-16-12-20(13-17-33)27(31)37/h4-11,20,25H,2-3,12-19H2,1H3,(H2,31,37)(H,32,36). The lowest BCUT2D eigenvalue weighted by atomic mass is 9.96. The molecule has 0 bridgehead atoms. The number of thiocarbonyl (C=S) groups is 1. The molecule has 11 heteroatoms. The van der Waals surface area contributed by atoms with Crippen molar-refractivity contribution in [2.24, 2.45) is 11.7 Å². The molecule has 0 spiro atoms. The van der Waals surface area contributed by atoms with Crippen molar-refractivity contribution >= 4 is 58.0 Å². The van der Waals surface area contributed by atoms with E-state index in [1.807, 2.05) is 24.0 Å². The molecule has 214 valence electrons. The number of nitrogens with zero attached hydrogens (tertiary/aromatic N) is 3. The molecule has 0 saturated carbocycles. The molecule has 2 aromatic rings. The summed E-state index contributed by atoms with van der Waals surface area (Å²) in [6, 6.07) is 13.4. The maximum absolute atomic E-state index is 13.6. The highest BCUT2D eigenvalue weighted by Crippen LogP contribution is 2.29. The number of benzene rings is 2. The minimum absolute atomic E-state index is 0.0405. The van der Waals surface area contributed by atoms with Gasteiger partial charge in [0.1, 0.15) is 11.8 Å². The van der Waals surface area contributed by atoms with Gasteiger partial charge in [0.25, 0.3) is 5.91 Å². The Hall–Kier alpha value is -3.21. The molecule has 40 heavy (non-hydrogen) atoms. The zero-order chi connectivity index (χ0) is 28.6. The monoisotopic (exact) mass is 585 g/mol. The van der Waals surface area contributed by atoms with E-state index in [0.29, 0.717) is 34.7 Å². The predicted molar refractivity (Wildman–Crippen MR) is 160 cm³/mol. The number of ether oxygens (including phenoxy) is 1. The third-order valence-corrected chi connectivity index (χ3v) is 7.93. The quantitative estimate of drug-likeness (QED) is 0.362. The Morgan fingerprint density at radius 1 is 1.07 bits per heavy atom. The zero-order valence-corrected chi connectivity index (χ0v) is 24.3. The number of nitrogens with two attached hydrogens (primary N) is 1. The summed E-state index contributed by atoms with van der Waals surface area (Å²) < 4.78 is 5.60. The number of hydrogen-bond acceptors (Lipinski definition) is 6. The van der Waals surface area contributed by atoms with Gasteiger partial charge in [0.15, 0.2) is 5.11 Å². The van der Waals surface area contributed by atoms with Crippen molar-refractivity contribution in [2.75, 3.05) is 43.0 Å². The van der Waals surface area contributed by atoms with Crippen LogP contribution in [0, 0.1) is 5.92 Å². The molecule has 0 aliphatic carbocycles.